The fourth-order valence-corrected chi connectivity index (χ4v) is 3.03. The van der Waals surface area contributed by atoms with Crippen LogP contribution < -0.4 is 5.32 Å². The van der Waals surface area contributed by atoms with E-state index >= 15 is 0 Å². The molecule has 2 aromatic rings. The van der Waals surface area contributed by atoms with Gasteiger partial charge in [-0.3, -0.25) is 0 Å². The summed E-state index contributed by atoms with van der Waals surface area (Å²) in [5.74, 6) is 1.01. The molecular formula is C15H19BrClNO. The van der Waals surface area contributed by atoms with Crippen LogP contribution in [0.15, 0.2) is 21.0 Å². The molecule has 1 aromatic heterocycles. The summed E-state index contributed by atoms with van der Waals surface area (Å²) in [5, 5.41) is 5.20. The first-order valence-corrected chi connectivity index (χ1v) is 7.82. The van der Waals surface area contributed by atoms with Crippen LogP contribution in [-0.4, -0.2) is 6.04 Å². The zero-order valence-corrected chi connectivity index (χ0v) is 13.9. The molecule has 4 heteroatoms. The molecule has 104 valence electrons. The van der Waals surface area contributed by atoms with Crippen molar-refractivity contribution in [1.82, 2.24) is 5.32 Å². The molecule has 2 rings (SSSR count). The Labute approximate surface area is 127 Å². The third kappa shape index (κ3) is 3.33. The number of rotatable bonds is 5. The highest BCUT2D eigenvalue weighted by atomic mass is 79.9. The van der Waals surface area contributed by atoms with E-state index in [-0.39, 0.29) is 0 Å². The van der Waals surface area contributed by atoms with Gasteiger partial charge >= 0.3 is 0 Å². The van der Waals surface area contributed by atoms with Crippen molar-refractivity contribution in [3.05, 3.63) is 33.0 Å². The van der Waals surface area contributed by atoms with Crippen molar-refractivity contribution < 1.29 is 4.42 Å². The van der Waals surface area contributed by atoms with E-state index in [9.17, 15) is 0 Å². The summed E-state index contributed by atoms with van der Waals surface area (Å²) < 4.78 is 6.96. The summed E-state index contributed by atoms with van der Waals surface area (Å²) in [6.07, 6.45) is 2.10. The van der Waals surface area contributed by atoms with Crippen LogP contribution in [0.2, 0.25) is 5.02 Å². The Morgan fingerprint density at radius 3 is 2.74 bits per heavy atom. The SMILES string of the molecule is CCCc1c(CNC(C)C)oc2c(Cl)cc(Br)cc12. The van der Waals surface area contributed by atoms with Crippen LogP contribution in [0.25, 0.3) is 11.0 Å². The van der Waals surface area contributed by atoms with Gasteiger partial charge in [0, 0.05) is 21.5 Å². The molecule has 0 aliphatic carbocycles. The van der Waals surface area contributed by atoms with Gasteiger partial charge in [0.25, 0.3) is 0 Å². The number of furan rings is 1. The largest absolute Gasteiger partial charge is 0.458 e. The second-order valence-corrected chi connectivity index (χ2v) is 6.38. The number of benzene rings is 1. The third-order valence-corrected chi connectivity index (χ3v) is 3.80. The molecule has 1 heterocycles. The van der Waals surface area contributed by atoms with Gasteiger partial charge in [0.1, 0.15) is 5.76 Å². The first-order chi connectivity index (χ1) is 9.02. The molecule has 19 heavy (non-hydrogen) atoms. The lowest BCUT2D eigenvalue weighted by Crippen LogP contribution is -2.22. The molecule has 0 radical (unpaired) electrons. The van der Waals surface area contributed by atoms with E-state index < -0.39 is 0 Å². The Kier molecular flexibility index (Phi) is 4.93. The van der Waals surface area contributed by atoms with Crippen molar-refractivity contribution >= 4 is 38.5 Å². The summed E-state index contributed by atoms with van der Waals surface area (Å²) in [7, 11) is 0. The van der Waals surface area contributed by atoms with Gasteiger partial charge in [-0.15, -0.1) is 0 Å². The number of nitrogens with one attached hydrogen (secondary N) is 1. The zero-order chi connectivity index (χ0) is 14.0. The van der Waals surface area contributed by atoms with E-state index in [0.717, 1.165) is 40.6 Å². The smallest absolute Gasteiger partial charge is 0.153 e. The molecule has 0 aliphatic heterocycles. The molecule has 0 saturated carbocycles. The van der Waals surface area contributed by atoms with Gasteiger partial charge in [0.05, 0.1) is 11.6 Å². The first-order valence-electron chi connectivity index (χ1n) is 6.65. The molecule has 1 aromatic carbocycles. The van der Waals surface area contributed by atoms with E-state index in [4.69, 9.17) is 16.0 Å². The van der Waals surface area contributed by atoms with E-state index in [0.29, 0.717) is 11.1 Å². The average molecular weight is 345 g/mol. The topological polar surface area (TPSA) is 25.2 Å². The second kappa shape index (κ2) is 6.29. The predicted octanol–water partition coefficient (Wildman–Crippen LogP) is 5.30. The Balaban J connectivity index is 2.50. The van der Waals surface area contributed by atoms with Crippen LogP contribution in [0, 0.1) is 0 Å². The molecule has 0 unspecified atom stereocenters. The molecule has 0 aliphatic rings. The van der Waals surface area contributed by atoms with E-state index in [1.54, 1.807) is 0 Å². The second-order valence-electron chi connectivity index (χ2n) is 5.05. The van der Waals surface area contributed by atoms with E-state index in [1.165, 1.54) is 5.56 Å². The number of aryl methyl sites for hydroxylation is 1. The summed E-state index contributed by atoms with van der Waals surface area (Å²) >= 11 is 9.76. The maximum absolute atomic E-state index is 6.27. The molecule has 0 saturated heterocycles. The Hall–Kier alpha value is -0.510. The molecule has 1 N–H and O–H groups in total. The van der Waals surface area contributed by atoms with Crippen LogP contribution in [0.4, 0.5) is 0 Å². The monoisotopic (exact) mass is 343 g/mol. The molecule has 2 nitrogen and oxygen atoms in total. The van der Waals surface area contributed by atoms with E-state index in [2.05, 4.69) is 48.1 Å². The van der Waals surface area contributed by atoms with Crippen LogP contribution in [0.1, 0.15) is 38.5 Å². The number of halogens is 2. The van der Waals surface area contributed by atoms with Crippen LogP contribution in [-0.2, 0) is 13.0 Å². The van der Waals surface area contributed by atoms with Gasteiger partial charge in [0.15, 0.2) is 5.58 Å². The summed E-state index contributed by atoms with van der Waals surface area (Å²) in [6, 6.07) is 4.40. The highest BCUT2D eigenvalue weighted by Crippen LogP contribution is 2.35. The van der Waals surface area contributed by atoms with Gasteiger partial charge in [-0.25, -0.2) is 0 Å². The van der Waals surface area contributed by atoms with Gasteiger partial charge < -0.3 is 9.73 Å². The van der Waals surface area contributed by atoms with Gasteiger partial charge in [0.2, 0.25) is 0 Å². The Morgan fingerprint density at radius 1 is 1.37 bits per heavy atom. The minimum absolute atomic E-state index is 0.435. The van der Waals surface area contributed by atoms with Crippen molar-refractivity contribution in [2.75, 3.05) is 0 Å². The van der Waals surface area contributed by atoms with Crippen molar-refractivity contribution in [2.24, 2.45) is 0 Å². The Morgan fingerprint density at radius 2 is 2.11 bits per heavy atom. The van der Waals surface area contributed by atoms with Gasteiger partial charge in [-0.2, -0.15) is 0 Å². The van der Waals surface area contributed by atoms with Crippen LogP contribution >= 0.6 is 27.5 Å². The van der Waals surface area contributed by atoms with Crippen molar-refractivity contribution in [3.63, 3.8) is 0 Å². The van der Waals surface area contributed by atoms with Crippen LogP contribution in [0.3, 0.4) is 0 Å². The Bertz CT molecular complexity index is 577. The normalized spacial score (nSPS) is 11.7. The maximum atomic E-state index is 6.27. The number of fused-ring (bicyclic) bond motifs is 1. The quantitative estimate of drug-likeness (QED) is 0.796. The third-order valence-electron chi connectivity index (χ3n) is 3.07. The molecule has 0 bridgehead atoms. The molecule has 0 fully saturated rings. The lowest BCUT2D eigenvalue weighted by molar-refractivity contribution is 0.483. The number of hydrogen-bond donors (Lipinski definition) is 1. The summed E-state index contributed by atoms with van der Waals surface area (Å²) in [6.45, 7) is 7.19. The fourth-order valence-electron chi connectivity index (χ4n) is 2.19. The van der Waals surface area contributed by atoms with Gasteiger partial charge in [-0.1, -0.05) is 54.7 Å². The zero-order valence-electron chi connectivity index (χ0n) is 11.5. The van der Waals surface area contributed by atoms with Crippen molar-refractivity contribution in [3.8, 4) is 0 Å². The first kappa shape index (κ1) is 14.9. The molecule has 0 atom stereocenters. The fraction of sp³-hybridized carbons (Fsp3) is 0.467. The lowest BCUT2D eigenvalue weighted by atomic mass is 10.1. The number of hydrogen-bond acceptors (Lipinski definition) is 2. The highest BCUT2D eigenvalue weighted by Gasteiger charge is 2.16. The minimum Gasteiger partial charge on any atom is -0.458 e. The molecular weight excluding hydrogens is 326 g/mol. The standard InChI is InChI=1S/C15H19BrClNO/c1-4-5-11-12-6-10(16)7-13(17)15(12)19-14(11)8-18-9(2)3/h6-7,9,18H,4-5,8H2,1-3H3. The molecule has 0 spiro atoms. The van der Waals surface area contributed by atoms with Gasteiger partial charge in [-0.05, 0) is 18.6 Å². The highest BCUT2D eigenvalue weighted by molar-refractivity contribution is 9.10. The maximum Gasteiger partial charge on any atom is 0.153 e. The van der Waals surface area contributed by atoms with E-state index in [1.807, 2.05) is 6.07 Å². The molecule has 0 amide bonds. The van der Waals surface area contributed by atoms with Crippen molar-refractivity contribution in [1.29, 1.82) is 0 Å². The van der Waals surface area contributed by atoms with Crippen LogP contribution in [0.5, 0.6) is 0 Å². The minimum atomic E-state index is 0.435. The predicted molar refractivity (Wildman–Crippen MR) is 84.9 cm³/mol. The lowest BCUT2D eigenvalue weighted by Gasteiger charge is -2.07. The van der Waals surface area contributed by atoms with Crippen molar-refractivity contribution in [2.45, 2.75) is 46.2 Å². The summed E-state index contributed by atoms with van der Waals surface area (Å²) in [4.78, 5) is 0. The summed E-state index contributed by atoms with van der Waals surface area (Å²) in [5.41, 5.74) is 2.07. The average Bonchev–Trinajstić information content (AvgIpc) is 2.66.